The van der Waals surface area contributed by atoms with Gasteiger partial charge in [-0.15, -0.1) is 0 Å². The van der Waals surface area contributed by atoms with E-state index in [4.69, 9.17) is 0 Å². The molecule has 0 bridgehead atoms. The average molecular weight is 228 g/mol. The molecule has 2 aromatic rings. The summed E-state index contributed by atoms with van der Waals surface area (Å²) >= 11 is 0. The summed E-state index contributed by atoms with van der Waals surface area (Å²) in [6, 6.07) is 11.5. The van der Waals surface area contributed by atoms with Crippen molar-refractivity contribution < 1.29 is 5.11 Å². The third-order valence-corrected chi connectivity index (χ3v) is 2.69. The molecule has 0 amide bonds. The Hall–Kier alpha value is -1.87. The molecule has 1 aromatic heterocycles. The SMILES string of the molecule is Cc1cnccc1NCC(O)c1ccccc1. The van der Waals surface area contributed by atoms with Gasteiger partial charge in [0.1, 0.15) is 0 Å². The topological polar surface area (TPSA) is 45.2 Å². The summed E-state index contributed by atoms with van der Waals surface area (Å²) in [5.41, 5.74) is 3.01. The normalized spacial score (nSPS) is 12.1. The van der Waals surface area contributed by atoms with Crippen LogP contribution in [0.4, 0.5) is 5.69 Å². The first kappa shape index (κ1) is 11.6. The second kappa shape index (κ2) is 5.46. The molecule has 0 saturated carbocycles. The van der Waals surface area contributed by atoms with Crippen LogP contribution in [-0.2, 0) is 0 Å². The number of benzene rings is 1. The van der Waals surface area contributed by atoms with Gasteiger partial charge in [0, 0.05) is 24.6 Å². The summed E-state index contributed by atoms with van der Waals surface area (Å²) in [6.07, 6.45) is 3.05. The second-order valence-electron chi connectivity index (χ2n) is 4.00. The molecule has 1 heterocycles. The number of aryl methyl sites for hydroxylation is 1. The molecular formula is C14H16N2O. The van der Waals surface area contributed by atoms with Gasteiger partial charge >= 0.3 is 0 Å². The molecule has 0 saturated heterocycles. The molecule has 0 aliphatic rings. The van der Waals surface area contributed by atoms with Gasteiger partial charge in [0.15, 0.2) is 0 Å². The number of aliphatic hydroxyl groups excluding tert-OH is 1. The maximum atomic E-state index is 9.99. The fourth-order valence-electron chi connectivity index (χ4n) is 1.67. The summed E-state index contributed by atoms with van der Waals surface area (Å²) in [6.45, 7) is 2.49. The molecule has 2 N–H and O–H groups in total. The Morgan fingerprint density at radius 2 is 2.00 bits per heavy atom. The monoisotopic (exact) mass is 228 g/mol. The first-order valence-corrected chi connectivity index (χ1v) is 5.65. The molecule has 0 radical (unpaired) electrons. The highest BCUT2D eigenvalue weighted by atomic mass is 16.3. The maximum absolute atomic E-state index is 9.99. The zero-order valence-electron chi connectivity index (χ0n) is 9.80. The van der Waals surface area contributed by atoms with Crippen LogP contribution in [0.3, 0.4) is 0 Å². The number of aliphatic hydroxyl groups is 1. The Balaban J connectivity index is 1.97. The number of nitrogens with one attached hydrogen (secondary N) is 1. The molecule has 88 valence electrons. The van der Waals surface area contributed by atoms with Crippen molar-refractivity contribution in [3.63, 3.8) is 0 Å². The Morgan fingerprint density at radius 3 is 2.71 bits per heavy atom. The van der Waals surface area contributed by atoms with E-state index in [-0.39, 0.29) is 0 Å². The van der Waals surface area contributed by atoms with Gasteiger partial charge in [0.25, 0.3) is 0 Å². The second-order valence-corrected chi connectivity index (χ2v) is 4.00. The number of anilines is 1. The zero-order chi connectivity index (χ0) is 12.1. The van der Waals surface area contributed by atoms with Crippen molar-refractivity contribution in [1.82, 2.24) is 4.98 Å². The molecule has 0 fully saturated rings. The van der Waals surface area contributed by atoms with Crippen molar-refractivity contribution >= 4 is 5.69 Å². The van der Waals surface area contributed by atoms with Crippen molar-refractivity contribution in [3.8, 4) is 0 Å². The van der Waals surface area contributed by atoms with Gasteiger partial charge in [0.05, 0.1) is 6.10 Å². The Labute approximate surface area is 101 Å². The lowest BCUT2D eigenvalue weighted by molar-refractivity contribution is 0.191. The third-order valence-electron chi connectivity index (χ3n) is 2.69. The van der Waals surface area contributed by atoms with Crippen molar-refractivity contribution in [2.24, 2.45) is 0 Å². The van der Waals surface area contributed by atoms with Gasteiger partial charge in [-0.05, 0) is 24.1 Å². The van der Waals surface area contributed by atoms with E-state index in [0.717, 1.165) is 16.8 Å². The molecule has 1 aromatic carbocycles. The molecule has 3 heteroatoms. The van der Waals surface area contributed by atoms with E-state index >= 15 is 0 Å². The minimum atomic E-state index is -0.497. The van der Waals surface area contributed by atoms with Gasteiger partial charge in [-0.3, -0.25) is 4.98 Å². The summed E-state index contributed by atoms with van der Waals surface area (Å²) in [5, 5.41) is 13.2. The molecule has 17 heavy (non-hydrogen) atoms. The first-order chi connectivity index (χ1) is 8.27. The van der Waals surface area contributed by atoms with Crippen LogP contribution in [-0.4, -0.2) is 16.6 Å². The number of aromatic nitrogens is 1. The lowest BCUT2D eigenvalue weighted by atomic mass is 10.1. The fraction of sp³-hybridized carbons (Fsp3) is 0.214. The van der Waals surface area contributed by atoms with Crippen molar-refractivity contribution in [2.45, 2.75) is 13.0 Å². The van der Waals surface area contributed by atoms with Crippen molar-refractivity contribution in [3.05, 3.63) is 59.9 Å². The molecule has 1 unspecified atom stereocenters. The number of hydrogen-bond donors (Lipinski definition) is 2. The van der Waals surface area contributed by atoms with Crippen LogP contribution in [0.1, 0.15) is 17.2 Å². The van der Waals surface area contributed by atoms with Crippen LogP contribution >= 0.6 is 0 Å². The van der Waals surface area contributed by atoms with E-state index in [0.29, 0.717) is 6.54 Å². The van der Waals surface area contributed by atoms with E-state index in [1.54, 1.807) is 12.4 Å². The predicted molar refractivity (Wildman–Crippen MR) is 68.9 cm³/mol. The summed E-state index contributed by atoms with van der Waals surface area (Å²) in [4.78, 5) is 4.03. The van der Waals surface area contributed by atoms with Crippen LogP contribution in [0.25, 0.3) is 0 Å². The van der Waals surface area contributed by atoms with E-state index in [9.17, 15) is 5.11 Å². The number of hydrogen-bond acceptors (Lipinski definition) is 3. The molecule has 0 aliphatic heterocycles. The highest BCUT2D eigenvalue weighted by Crippen LogP contribution is 2.16. The van der Waals surface area contributed by atoms with Gasteiger partial charge in [-0.1, -0.05) is 30.3 Å². The summed E-state index contributed by atoms with van der Waals surface area (Å²) in [7, 11) is 0. The highest BCUT2D eigenvalue weighted by molar-refractivity contribution is 5.48. The first-order valence-electron chi connectivity index (χ1n) is 5.65. The standard InChI is InChI=1S/C14H16N2O/c1-11-9-15-8-7-13(11)16-10-14(17)12-5-3-2-4-6-12/h2-9,14,17H,10H2,1H3,(H,15,16). The van der Waals surface area contributed by atoms with Gasteiger partial charge in [0.2, 0.25) is 0 Å². The smallest absolute Gasteiger partial charge is 0.0962 e. The summed E-state index contributed by atoms with van der Waals surface area (Å²) < 4.78 is 0. The minimum absolute atomic E-state index is 0.495. The number of nitrogens with zero attached hydrogens (tertiary/aromatic N) is 1. The molecular weight excluding hydrogens is 212 g/mol. The van der Waals surface area contributed by atoms with Crippen LogP contribution < -0.4 is 5.32 Å². The highest BCUT2D eigenvalue weighted by Gasteiger charge is 2.06. The molecule has 1 atom stereocenters. The van der Waals surface area contributed by atoms with E-state index < -0.39 is 6.10 Å². The Morgan fingerprint density at radius 1 is 1.24 bits per heavy atom. The van der Waals surface area contributed by atoms with Gasteiger partial charge in [-0.2, -0.15) is 0 Å². The molecule has 3 nitrogen and oxygen atoms in total. The van der Waals surface area contributed by atoms with Crippen LogP contribution in [0.15, 0.2) is 48.8 Å². The average Bonchev–Trinajstić information content (AvgIpc) is 2.38. The molecule has 2 rings (SSSR count). The molecule has 0 aliphatic carbocycles. The third kappa shape index (κ3) is 3.04. The molecule has 0 spiro atoms. The Bertz CT molecular complexity index is 471. The number of pyridine rings is 1. The van der Waals surface area contributed by atoms with Crippen molar-refractivity contribution in [1.29, 1.82) is 0 Å². The van der Waals surface area contributed by atoms with E-state index in [1.807, 2.05) is 43.3 Å². The van der Waals surface area contributed by atoms with Crippen LogP contribution in [0.2, 0.25) is 0 Å². The quantitative estimate of drug-likeness (QED) is 0.845. The van der Waals surface area contributed by atoms with Crippen LogP contribution in [0, 0.1) is 6.92 Å². The van der Waals surface area contributed by atoms with Crippen molar-refractivity contribution in [2.75, 3.05) is 11.9 Å². The maximum Gasteiger partial charge on any atom is 0.0962 e. The minimum Gasteiger partial charge on any atom is -0.387 e. The van der Waals surface area contributed by atoms with E-state index in [2.05, 4.69) is 10.3 Å². The Kier molecular flexibility index (Phi) is 3.73. The zero-order valence-corrected chi connectivity index (χ0v) is 9.80. The lowest BCUT2D eigenvalue weighted by Gasteiger charge is -2.14. The predicted octanol–water partition coefficient (Wildman–Crippen LogP) is 2.54. The number of rotatable bonds is 4. The lowest BCUT2D eigenvalue weighted by Crippen LogP contribution is -2.12. The summed E-state index contributed by atoms with van der Waals surface area (Å²) in [5.74, 6) is 0. The van der Waals surface area contributed by atoms with Gasteiger partial charge in [-0.25, -0.2) is 0 Å². The largest absolute Gasteiger partial charge is 0.387 e. The van der Waals surface area contributed by atoms with Gasteiger partial charge < -0.3 is 10.4 Å². The fourth-order valence-corrected chi connectivity index (χ4v) is 1.67. The van der Waals surface area contributed by atoms with E-state index in [1.165, 1.54) is 0 Å². The van der Waals surface area contributed by atoms with Crippen LogP contribution in [0.5, 0.6) is 0 Å².